The Kier molecular flexibility index (Phi) is 6.90. The van der Waals surface area contributed by atoms with E-state index in [0.29, 0.717) is 34.8 Å². The van der Waals surface area contributed by atoms with Gasteiger partial charge < -0.3 is 0 Å². The van der Waals surface area contributed by atoms with Crippen molar-refractivity contribution in [1.29, 1.82) is 0 Å². The third-order valence-electron chi connectivity index (χ3n) is 3.57. The van der Waals surface area contributed by atoms with Gasteiger partial charge in [-0.15, -0.1) is 0 Å². The van der Waals surface area contributed by atoms with Crippen molar-refractivity contribution in [3.8, 4) is 0 Å². The molecule has 2 N–H and O–H groups in total. The molecule has 0 aliphatic carbocycles. The van der Waals surface area contributed by atoms with E-state index >= 15 is 0 Å². The van der Waals surface area contributed by atoms with Crippen LogP contribution in [0.3, 0.4) is 0 Å². The van der Waals surface area contributed by atoms with Crippen LogP contribution in [0.2, 0.25) is 5.02 Å². The maximum Gasteiger partial charge on any atom is 0.272 e. The van der Waals surface area contributed by atoms with Crippen LogP contribution in [0, 0.1) is 0 Å². The first-order chi connectivity index (χ1) is 12.3. The first-order valence-electron chi connectivity index (χ1n) is 8.04. The largest absolute Gasteiger partial charge is 0.272 e. The number of rotatable bonds is 7. The van der Waals surface area contributed by atoms with Gasteiger partial charge in [-0.3, -0.25) is 4.79 Å². The quantitative estimate of drug-likeness (QED) is 0.559. The van der Waals surface area contributed by atoms with Crippen LogP contribution >= 0.6 is 11.6 Å². The van der Waals surface area contributed by atoms with Crippen molar-refractivity contribution in [2.75, 3.05) is 6.54 Å². The molecule has 0 atom stereocenters. The van der Waals surface area contributed by atoms with Gasteiger partial charge in [0, 0.05) is 6.54 Å². The standard InChI is InChI=1S/C18H20ClN3O3S/c1-3-12-20-26(24,25)15-10-8-14(9-11-15)13(2)21-22-18(23)16-6-4-5-7-17(16)19/h4-11,20H,3,12H2,1-2H3,(H,22,23)/b21-13-. The highest BCUT2D eigenvalue weighted by molar-refractivity contribution is 7.89. The maximum absolute atomic E-state index is 12.1. The lowest BCUT2D eigenvalue weighted by Crippen LogP contribution is -2.24. The van der Waals surface area contributed by atoms with Crippen LogP contribution in [0.1, 0.15) is 36.2 Å². The summed E-state index contributed by atoms with van der Waals surface area (Å²) >= 11 is 5.98. The molecular weight excluding hydrogens is 374 g/mol. The van der Waals surface area contributed by atoms with Crippen molar-refractivity contribution in [2.45, 2.75) is 25.2 Å². The predicted octanol–water partition coefficient (Wildman–Crippen LogP) is 3.18. The van der Waals surface area contributed by atoms with Gasteiger partial charge in [0.25, 0.3) is 5.91 Å². The Morgan fingerprint density at radius 3 is 2.38 bits per heavy atom. The lowest BCUT2D eigenvalue weighted by atomic mass is 10.1. The Bertz CT molecular complexity index is 910. The third kappa shape index (κ3) is 5.14. The van der Waals surface area contributed by atoms with E-state index in [1.165, 1.54) is 12.1 Å². The molecule has 0 fully saturated rings. The van der Waals surface area contributed by atoms with Crippen LogP contribution in [0.25, 0.3) is 0 Å². The zero-order valence-corrected chi connectivity index (χ0v) is 16.1. The van der Waals surface area contributed by atoms with Gasteiger partial charge >= 0.3 is 0 Å². The smallest absolute Gasteiger partial charge is 0.267 e. The summed E-state index contributed by atoms with van der Waals surface area (Å²) in [5, 5.41) is 4.39. The van der Waals surface area contributed by atoms with E-state index in [0.717, 1.165) is 0 Å². The molecule has 0 bridgehead atoms. The van der Waals surface area contributed by atoms with E-state index in [9.17, 15) is 13.2 Å². The second-order valence-corrected chi connectivity index (χ2v) is 7.71. The summed E-state index contributed by atoms with van der Waals surface area (Å²) in [6.45, 7) is 3.99. The molecule has 8 heteroatoms. The lowest BCUT2D eigenvalue weighted by Gasteiger charge is -2.07. The Labute approximate surface area is 158 Å². The van der Waals surface area contributed by atoms with Gasteiger partial charge in [0.15, 0.2) is 0 Å². The van der Waals surface area contributed by atoms with Crippen LogP contribution in [-0.4, -0.2) is 26.6 Å². The number of hydrogen-bond donors (Lipinski definition) is 2. The van der Waals surface area contributed by atoms with E-state index in [1.54, 1.807) is 43.3 Å². The van der Waals surface area contributed by atoms with E-state index < -0.39 is 15.9 Å². The van der Waals surface area contributed by atoms with E-state index in [2.05, 4.69) is 15.2 Å². The summed E-state index contributed by atoms with van der Waals surface area (Å²) in [5.41, 5.74) is 4.00. The third-order valence-corrected chi connectivity index (χ3v) is 5.37. The van der Waals surface area contributed by atoms with Crippen molar-refractivity contribution in [1.82, 2.24) is 10.1 Å². The molecule has 2 aromatic carbocycles. The van der Waals surface area contributed by atoms with Crippen molar-refractivity contribution in [3.05, 3.63) is 64.7 Å². The second-order valence-electron chi connectivity index (χ2n) is 5.54. The first kappa shape index (κ1) is 20.1. The van der Waals surface area contributed by atoms with Crippen molar-refractivity contribution in [2.24, 2.45) is 5.10 Å². The second kappa shape index (κ2) is 8.93. The molecule has 0 unspecified atom stereocenters. The van der Waals surface area contributed by atoms with Gasteiger partial charge in [-0.25, -0.2) is 18.6 Å². The summed E-state index contributed by atoms with van der Waals surface area (Å²) in [7, 11) is -3.51. The van der Waals surface area contributed by atoms with Crippen molar-refractivity contribution >= 4 is 33.2 Å². The number of hydrazone groups is 1. The van der Waals surface area contributed by atoms with Crippen LogP contribution in [0.4, 0.5) is 0 Å². The minimum absolute atomic E-state index is 0.183. The van der Waals surface area contributed by atoms with Crippen LogP contribution in [-0.2, 0) is 10.0 Å². The fourth-order valence-corrected chi connectivity index (χ4v) is 3.46. The number of halogens is 1. The highest BCUT2D eigenvalue weighted by atomic mass is 35.5. The number of benzene rings is 2. The summed E-state index contributed by atoms with van der Waals surface area (Å²) < 4.78 is 26.6. The first-order valence-corrected chi connectivity index (χ1v) is 9.90. The van der Waals surface area contributed by atoms with Gasteiger partial charge in [-0.1, -0.05) is 42.8 Å². The fraction of sp³-hybridized carbons (Fsp3) is 0.222. The molecule has 138 valence electrons. The molecular formula is C18H20ClN3O3S. The molecule has 6 nitrogen and oxygen atoms in total. The molecule has 0 saturated heterocycles. The van der Waals surface area contributed by atoms with E-state index in [4.69, 9.17) is 11.6 Å². The molecule has 0 aliphatic rings. The van der Waals surface area contributed by atoms with Crippen LogP contribution in [0.15, 0.2) is 58.5 Å². The molecule has 0 aliphatic heterocycles. The zero-order valence-electron chi connectivity index (χ0n) is 14.5. The van der Waals surface area contributed by atoms with E-state index in [-0.39, 0.29) is 4.90 Å². The minimum atomic E-state index is -3.51. The van der Waals surface area contributed by atoms with Gasteiger partial charge in [0.1, 0.15) is 0 Å². The van der Waals surface area contributed by atoms with Gasteiger partial charge in [-0.05, 0) is 43.2 Å². The number of hydrogen-bond acceptors (Lipinski definition) is 4. The normalized spacial score (nSPS) is 12.0. The average Bonchev–Trinajstić information content (AvgIpc) is 2.64. The summed E-state index contributed by atoms with van der Waals surface area (Å²) in [6, 6.07) is 13.0. The topological polar surface area (TPSA) is 87.6 Å². The molecule has 26 heavy (non-hydrogen) atoms. The van der Waals surface area contributed by atoms with Crippen molar-refractivity contribution in [3.63, 3.8) is 0 Å². The van der Waals surface area contributed by atoms with Gasteiger partial charge in [-0.2, -0.15) is 5.10 Å². The fourth-order valence-electron chi connectivity index (χ4n) is 2.10. The molecule has 0 radical (unpaired) electrons. The molecule has 2 rings (SSSR count). The molecule has 0 heterocycles. The number of sulfonamides is 1. The number of nitrogens with one attached hydrogen (secondary N) is 2. The number of nitrogens with zero attached hydrogens (tertiary/aromatic N) is 1. The zero-order chi connectivity index (χ0) is 19.2. The minimum Gasteiger partial charge on any atom is -0.267 e. The Balaban J connectivity index is 2.10. The summed E-state index contributed by atoms with van der Waals surface area (Å²) in [5.74, 6) is -0.419. The number of carbonyl (C=O) groups is 1. The molecule has 2 aromatic rings. The highest BCUT2D eigenvalue weighted by Gasteiger charge is 2.13. The Morgan fingerprint density at radius 2 is 1.77 bits per heavy atom. The monoisotopic (exact) mass is 393 g/mol. The molecule has 1 amide bonds. The SMILES string of the molecule is CCCNS(=O)(=O)c1ccc(/C(C)=N\NC(=O)c2ccccc2Cl)cc1. The predicted molar refractivity (Wildman–Crippen MR) is 103 cm³/mol. The Hall–Kier alpha value is -2.22. The van der Waals surface area contributed by atoms with Crippen LogP contribution in [0.5, 0.6) is 0 Å². The summed E-state index contributed by atoms with van der Waals surface area (Å²) in [6.07, 6.45) is 0.716. The van der Waals surface area contributed by atoms with Gasteiger partial charge in [0.2, 0.25) is 10.0 Å². The maximum atomic E-state index is 12.1. The Morgan fingerprint density at radius 1 is 1.12 bits per heavy atom. The molecule has 0 aromatic heterocycles. The molecule has 0 saturated carbocycles. The number of carbonyl (C=O) groups excluding carboxylic acids is 1. The number of amides is 1. The average molecular weight is 394 g/mol. The van der Waals surface area contributed by atoms with Crippen LogP contribution < -0.4 is 10.1 Å². The molecule has 0 spiro atoms. The van der Waals surface area contributed by atoms with Crippen molar-refractivity contribution < 1.29 is 13.2 Å². The highest BCUT2D eigenvalue weighted by Crippen LogP contribution is 2.15. The van der Waals surface area contributed by atoms with E-state index in [1.807, 2.05) is 6.92 Å². The lowest BCUT2D eigenvalue weighted by molar-refractivity contribution is 0.0955. The van der Waals surface area contributed by atoms with Gasteiger partial charge in [0.05, 0.1) is 21.2 Å². The summed E-state index contributed by atoms with van der Waals surface area (Å²) in [4.78, 5) is 12.3.